The monoisotopic (exact) mass is 325 g/mol. The van der Waals surface area contributed by atoms with Crippen molar-refractivity contribution in [3.63, 3.8) is 0 Å². The normalized spacial score (nSPS) is 17.8. The van der Waals surface area contributed by atoms with Gasteiger partial charge in [0.15, 0.2) is 11.5 Å². The molecule has 1 atom stereocenters. The lowest BCUT2D eigenvalue weighted by Gasteiger charge is -2.34. The van der Waals surface area contributed by atoms with Crippen molar-refractivity contribution >= 4 is 22.9 Å². The topological polar surface area (TPSA) is 101 Å². The maximum atomic E-state index is 12.3. The van der Waals surface area contributed by atoms with Gasteiger partial charge in [0.2, 0.25) is 5.91 Å². The molecule has 24 heavy (non-hydrogen) atoms. The van der Waals surface area contributed by atoms with Gasteiger partial charge in [0.1, 0.15) is 17.7 Å². The number of nitrogens with one attached hydrogen (secondary N) is 2. The van der Waals surface area contributed by atoms with Gasteiger partial charge in [0, 0.05) is 17.9 Å². The number of aryl methyl sites for hydroxylation is 1. The molecule has 0 fully saturated rings. The zero-order chi connectivity index (χ0) is 17.1. The third-order valence-electron chi connectivity index (χ3n) is 4.55. The zero-order valence-electron chi connectivity index (χ0n) is 14.1. The van der Waals surface area contributed by atoms with Gasteiger partial charge < -0.3 is 10.3 Å². The number of fused-ring (bicyclic) bond motifs is 2. The van der Waals surface area contributed by atoms with Crippen LogP contribution in [0.2, 0.25) is 0 Å². The van der Waals surface area contributed by atoms with E-state index in [-0.39, 0.29) is 17.2 Å². The van der Waals surface area contributed by atoms with Crippen molar-refractivity contribution in [1.82, 2.24) is 29.7 Å². The summed E-state index contributed by atoms with van der Waals surface area (Å²) in [6.45, 7) is 8.41. The lowest BCUT2D eigenvalue weighted by molar-refractivity contribution is -0.117. The fourth-order valence-corrected chi connectivity index (χ4v) is 3.35. The molecule has 8 nitrogen and oxygen atoms in total. The van der Waals surface area contributed by atoms with Crippen LogP contribution in [0.5, 0.6) is 0 Å². The number of rotatable bonds is 1. The molecule has 1 unspecified atom stereocenters. The van der Waals surface area contributed by atoms with Crippen LogP contribution in [0, 0.1) is 12.3 Å². The van der Waals surface area contributed by atoms with Crippen LogP contribution in [-0.2, 0) is 4.79 Å². The molecular weight excluding hydrogens is 306 g/mol. The molecule has 1 aliphatic rings. The quantitative estimate of drug-likeness (QED) is 0.715. The van der Waals surface area contributed by atoms with Gasteiger partial charge in [-0.05, 0) is 12.3 Å². The van der Waals surface area contributed by atoms with E-state index < -0.39 is 0 Å². The van der Waals surface area contributed by atoms with E-state index in [1.54, 1.807) is 11.0 Å². The van der Waals surface area contributed by atoms with E-state index in [0.717, 1.165) is 11.3 Å². The molecule has 4 heterocycles. The number of hydrogen-bond acceptors (Lipinski definition) is 5. The van der Waals surface area contributed by atoms with Crippen molar-refractivity contribution in [2.45, 2.75) is 40.0 Å². The minimum absolute atomic E-state index is 0.00140. The summed E-state index contributed by atoms with van der Waals surface area (Å²) in [5.41, 5.74) is 3.19. The first-order valence-electron chi connectivity index (χ1n) is 7.90. The van der Waals surface area contributed by atoms with Crippen LogP contribution < -0.4 is 5.32 Å². The molecule has 1 amide bonds. The molecule has 0 spiro atoms. The highest BCUT2D eigenvalue weighted by molar-refractivity contribution is 5.95. The second-order valence-electron chi connectivity index (χ2n) is 7.23. The molecule has 0 bridgehead atoms. The Morgan fingerprint density at radius 1 is 1.25 bits per heavy atom. The predicted octanol–water partition coefficient (Wildman–Crippen LogP) is 2.32. The van der Waals surface area contributed by atoms with Crippen LogP contribution in [0.4, 0.5) is 5.82 Å². The van der Waals surface area contributed by atoms with Gasteiger partial charge >= 0.3 is 0 Å². The Morgan fingerprint density at radius 2 is 2.04 bits per heavy atom. The Hall–Kier alpha value is -2.77. The van der Waals surface area contributed by atoms with E-state index >= 15 is 0 Å². The minimum Gasteiger partial charge on any atom is -0.340 e. The summed E-state index contributed by atoms with van der Waals surface area (Å²) in [6.07, 6.45) is 3.49. The average molecular weight is 325 g/mol. The number of imidazole rings is 1. The lowest BCUT2D eigenvalue weighted by Crippen LogP contribution is -2.31. The molecule has 3 aromatic heterocycles. The fraction of sp³-hybridized carbons (Fsp3) is 0.438. The van der Waals surface area contributed by atoms with E-state index in [9.17, 15) is 4.79 Å². The molecular formula is C16H19N7O. The van der Waals surface area contributed by atoms with Gasteiger partial charge in [-0.2, -0.15) is 9.78 Å². The lowest BCUT2D eigenvalue weighted by atomic mass is 9.73. The van der Waals surface area contributed by atoms with Crippen molar-refractivity contribution < 1.29 is 4.79 Å². The van der Waals surface area contributed by atoms with Crippen molar-refractivity contribution in [2.75, 3.05) is 5.32 Å². The smallest absolute Gasteiger partial charge is 0.226 e. The van der Waals surface area contributed by atoms with E-state index in [2.05, 4.69) is 51.1 Å². The number of carbonyl (C=O) groups is 1. The molecule has 4 rings (SSSR count). The summed E-state index contributed by atoms with van der Waals surface area (Å²) in [6, 6.07) is 0. The standard InChI is InChI=1S/C16H19N7O/c1-8-11-9(16(2,3)4)5-10(24)21-14(11)23(22-8)15-12-13(18-6-17-12)19-7-20-15/h6-7,9H,5H2,1-4H3,(H,21,24)(H,17,18,19,20). The summed E-state index contributed by atoms with van der Waals surface area (Å²) in [7, 11) is 0. The number of amides is 1. The highest BCUT2D eigenvalue weighted by Gasteiger charge is 2.38. The molecule has 3 aromatic rings. The van der Waals surface area contributed by atoms with Crippen LogP contribution in [0.15, 0.2) is 12.7 Å². The highest BCUT2D eigenvalue weighted by atomic mass is 16.1. The van der Waals surface area contributed by atoms with Gasteiger partial charge in [-0.3, -0.25) is 4.79 Å². The molecule has 8 heteroatoms. The van der Waals surface area contributed by atoms with Gasteiger partial charge in [0.25, 0.3) is 0 Å². The summed E-state index contributed by atoms with van der Waals surface area (Å²) < 4.78 is 1.68. The summed E-state index contributed by atoms with van der Waals surface area (Å²) in [5.74, 6) is 1.38. The minimum atomic E-state index is -0.0416. The number of anilines is 1. The first-order valence-corrected chi connectivity index (χ1v) is 7.90. The Balaban J connectivity index is 1.97. The van der Waals surface area contributed by atoms with Crippen LogP contribution in [0.1, 0.15) is 44.4 Å². The summed E-state index contributed by atoms with van der Waals surface area (Å²) >= 11 is 0. The number of aromatic nitrogens is 6. The maximum absolute atomic E-state index is 12.3. The van der Waals surface area contributed by atoms with Gasteiger partial charge in [-0.15, -0.1) is 0 Å². The van der Waals surface area contributed by atoms with Crippen molar-refractivity contribution in [1.29, 1.82) is 0 Å². The third kappa shape index (κ3) is 2.10. The summed E-state index contributed by atoms with van der Waals surface area (Å²) in [5, 5.41) is 7.63. The van der Waals surface area contributed by atoms with Crippen molar-refractivity contribution in [3.8, 4) is 5.82 Å². The third-order valence-corrected chi connectivity index (χ3v) is 4.55. The van der Waals surface area contributed by atoms with Crippen LogP contribution in [0.3, 0.4) is 0 Å². The summed E-state index contributed by atoms with van der Waals surface area (Å²) in [4.78, 5) is 28.0. The van der Waals surface area contributed by atoms with Crippen LogP contribution in [-0.4, -0.2) is 35.6 Å². The molecule has 1 aliphatic heterocycles. The second kappa shape index (κ2) is 4.86. The van der Waals surface area contributed by atoms with Gasteiger partial charge in [-0.1, -0.05) is 20.8 Å². The molecule has 0 saturated heterocycles. The molecule has 0 aromatic carbocycles. The number of hydrogen-bond donors (Lipinski definition) is 2. The number of nitrogens with zero attached hydrogens (tertiary/aromatic N) is 5. The molecule has 124 valence electrons. The molecule has 2 N–H and O–H groups in total. The van der Waals surface area contributed by atoms with Crippen molar-refractivity contribution in [2.24, 2.45) is 5.41 Å². The molecule has 0 aliphatic carbocycles. The van der Waals surface area contributed by atoms with E-state index in [1.165, 1.54) is 6.33 Å². The number of H-pyrrole nitrogens is 1. The maximum Gasteiger partial charge on any atom is 0.226 e. The highest BCUT2D eigenvalue weighted by Crippen LogP contribution is 2.45. The van der Waals surface area contributed by atoms with E-state index in [0.29, 0.717) is 29.2 Å². The molecule has 0 saturated carbocycles. The van der Waals surface area contributed by atoms with Crippen molar-refractivity contribution in [3.05, 3.63) is 23.9 Å². The average Bonchev–Trinajstić information content (AvgIpc) is 3.10. The first-order chi connectivity index (χ1) is 11.4. The van der Waals surface area contributed by atoms with Gasteiger partial charge in [0.05, 0.1) is 12.0 Å². The largest absolute Gasteiger partial charge is 0.340 e. The van der Waals surface area contributed by atoms with E-state index in [1.807, 2.05) is 6.92 Å². The number of aromatic amines is 1. The number of carbonyl (C=O) groups excluding carboxylic acids is 1. The Labute approximate surface area is 138 Å². The fourth-order valence-electron chi connectivity index (χ4n) is 3.35. The Morgan fingerprint density at radius 3 is 2.79 bits per heavy atom. The zero-order valence-corrected chi connectivity index (χ0v) is 14.1. The predicted molar refractivity (Wildman–Crippen MR) is 89.0 cm³/mol. The first kappa shape index (κ1) is 14.8. The second-order valence-corrected chi connectivity index (χ2v) is 7.23. The van der Waals surface area contributed by atoms with E-state index in [4.69, 9.17) is 0 Å². The van der Waals surface area contributed by atoms with Crippen LogP contribution in [0.25, 0.3) is 17.0 Å². The SMILES string of the molecule is Cc1nn(-c2ncnc3nc[nH]c23)c2c1C(C(C)(C)C)CC(=O)N2. The Kier molecular flexibility index (Phi) is 3.00. The molecule has 0 radical (unpaired) electrons. The van der Waals surface area contributed by atoms with Crippen LogP contribution >= 0.6 is 0 Å². The Bertz CT molecular complexity index is 947. The van der Waals surface area contributed by atoms with Gasteiger partial charge in [-0.25, -0.2) is 15.0 Å².